The molecule has 5 rings (SSSR count). The van der Waals surface area contributed by atoms with Gasteiger partial charge in [0.2, 0.25) is 12.7 Å². The summed E-state index contributed by atoms with van der Waals surface area (Å²) in [5.74, 6) is -3.60. The van der Waals surface area contributed by atoms with Gasteiger partial charge in [-0.3, -0.25) is 38.1 Å². The maximum atomic E-state index is 13.3. The number of thiazole rings is 1. The number of aromatic nitrogens is 1. The lowest BCUT2D eigenvalue weighted by Crippen LogP contribution is -2.36. The number of thioether (sulfide) groups is 1. The molecule has 4 heterocycles. The SMILES string of the molecule is CC(/C=c1/s/c(=C2\SC(=S)N(CC(=O)O)C2=O)n(CC(=O)O)c1=O)=C1\Oc2cc3c(cc2N1CS(=O)(=O)O)OCO3. The normalized spacial score (nSPS) is 19.1. The molecule has 0 bridgehead atoms. The van der Waals surface area contributed by atoms with Crippen LogP contribution in [0.15, 0.2) is 28.4 Å². The van der Waals surface area contributed by atoms with Crippen LogP contribution >= 0.6 is 35.3 Å². The van der Waals surface area contributed by atoms with Crippen molar-refractivity contribution in [2.24, 2.45) is 0 Å². The highest BCUT2D eigenvalue weighted by molar-refractivity contribution is 8.30. The summed E-state index contributed by atoms with van der Waals surface area (Å²) in [6.07, 6.45) is 1.31. The van der Waals surface area contributed by atoms with Gasteiger partial charge in [-0.15, -0.1) is 11.3 Å². The number of hydrogen-bond donors (Lipinski definition) is 3. The number of carboxylic acid groups (broad SMARTS) is 2. The second-order valence-corrected chi connectivity index (χ2v) is 12.7. The van der Waals surface area contributed by atoms with E-state index in [1.165, 1.54) is 25.1 Å². The Labute approximate surface area is 242 Å². The maximum Gasteiger partial charge on any atom is 0.323 e. The Balaban J connectivity index is 1.66. The Hall–Kier alpha value is -3.91. The smallest absolute Gasteiger partial charge is 0.323 e. The van der Waals surface area contributed by atoms with Gasteiger partial charge in [0.1, 0.15) is 27.0 Å². The highest BCUT2D eigenvalue weighted by Gasteiger charge is 2.36. The fourth-order valence-electron chi connectivity index (χ4n) is 4.08. The van der Waals surface area contributed by atoms with Crippen LogP contribution in [0.4, 0.5) is 5.69 Å². The minimum absolute atomic E-state index is 0.0460. The van der Waals surface area contributed by atoms with Gasteiger partial charge in [0, 0.05) is 17.7 Å². The first-order valence-corrected chi connectivity index (χ1v) is 14.9. The topological polar surface area (TPSA) is 202 Å². The summed E-state index contributed by atoms with van der Waals surface area (Å²) >= 11 is 6.60. The molecule has 0 spiro atoms. The van der Waals surface area contributed by atoms with Crippen molar-refractivity contribution in [3.63, 3.8) is 0 Å². The van der Waals surface area contributed by atoms with E-state index in [2.05, 4.69) is 0 Å². The second kappa shape index (κ2) is 10.5. The number of anilines is 1. The lowest BCUT2D eigenvalue weighted by atomic mass is 10.2. The second-order valence-electron chi connectivity index (χ2n) is 8.59. The molecule has 1 saturated heterocycles. The van der Waals surface area contributed by atoms with Crippen molar-refractivity contribution >= 4 is 84.3 Å². The Morgan fingerprint density at radius 2 is 1.73 bits per heavy atom. The number of thiocarbonyl (C=S) groups is 1. The van der Waals surface area contributed by atoms with Crippen molar-refractivity contribution in [3.8, 4) is 17.2 Å². The predicted molar refractivity (Wildman–Crippen MR) is 148 cm³/mol. The van der Waals surface area contributed by atoms with Gasteiger partial charge in [0.05, 0.1) is 10.2 Å². The number of ether oxygens (including phenoxy) is 3. The molecule has 0 atom stereocenters. The number of nitrogens with zero attached hydrogens (tertiary/aromatic N) is 3. The molecular formula is C22H17N3O12S4. The van der Waals surface area contributed by atoms with Gasteiger partial charge < -0.3 is 24.4 Å². The molecule has 19 heteroatoms. The monoisotopic (exact) mass is 643 g/mol. The highest BCUT2D eigenvalue weighted by atomic mass is 32.2. The lowest BCUT2D eigenvalue weighted by Gasteiger charge is -2.17. The molecule has 2 aromatic rings. The van der Waals surface area contributed by atoms with Crippen molar-refractivity contribution in [3.05, 3.63) is 43.1 Å². The van der Waals surface area contributed by atoms with Gasteiger partial charge in [-0.2, -0.15) is 8.42 Å². The standard InChI is InChI=1S/C22H17N3O12S4/c1-9(20-25(7-41(32,33)34)10-3-12-13(36-8-35-12)4-11(10)37-20)2-14-18(30)23(5-15(26)27)21(39-14)17-19(31)24(6-16(28)29)22(38)40-17/h2-4H,5-8H2,1H3,(H,26,27)(H,28,29)(H,32,33,34)/b14-2+,20-9+,21-17-. The molecule has 0 aliphatic carbocycles. The summed E-state index contributed by atoms with van der Waals surface area (Å²) in [4.78, 5) is 50.8. The molecule has 41 heavy (non-hydrogen) atoms. The summed E-state index contributed by atoms with van der Waals surface area (Å²) in [7, 11) is -4.57. The van der Waals surface area contributed by atoms with Gasteiger partial charge in [-0.05, 0) is 13.0 Å². The van der Waals surface area contributed by atoms with E-state index >= 15 is 0 Å². The number of carboxylic acids is 2. The number of carbonyl (C=O) groups excluding carboxylic acids is 1. The minimum atomic E-state index is -4.57. The van der Waals surface area contributed by atoms with Crippen molar-refractivity contribution in [1.82, 2.24) is 9.47 Å². The first-order chi connectivity index (χ1) is 19.2. The number of amides is 1. The van der Waals surface area contributed by atoms with Crippen LogP contribution in [0.2, 0.25) is 0 Å². The molecule has 0 saturated carbocycles. The van der Waals surface area contributed by atoms with Crippen molar-refractivity contribution in [2.45, 2.75) is 13.5 Å². The van der Waals surface area contributed by atoms with Gasteiger partial charge >= 0.3 is 11.9 Å². The van der Waals surface area contributed by atoms with Gasteiger partial charge in [0.25, 0.3) is 21.6 Å². The van der Waals surface area contributed by atoms with Crippen molar-refractivity contribution in [2.75, 3.05) is 24.1 Å². The number of aliphatic carboxylic acids is 2. The van der Waals surface area contributed by atoms with Crippen LogP contribution in [-0.2, 0) is 31.0 Å². The molecule has 3 aliphatic heterocycles. The number of fused-ring (bicyclic) bond motifs is 2. The number of benzene rings is 1. The fraction of sp³-hybridized carbons (Fsp3) is 0.227. The molecule has 1 aromatic carbocycles. The summed E-state index contributed by atoms with van der Waals surface area (Å²) in [6.45, 7) is -0.0764. The summed E-state index contributed by atoms with van der Waals surface area (Å²) in [5.41, 5.74) is -0.341. The van der Waals surface area contributed by atoms with Crippen LogP contribution in [0.1, 0.15) is 6.92 Å². The number of carbonyl (C=O) groups is 3. The third-order valence-corrected chi connectivity index (χ3v) is 8.99. The summed E-state index contributed by atoms with van der Waals surface area (Å²) < 4.78 is 50.5. The van der Waals surface area contributed by atoms with E-state index in [4.69, 9.17) is 31.5 Å². The third kappa shape index (κ3) is 5.53. The van der Waals surface area contributed by atoms with E-state index in [-0.39, 0.29) is 48.1 Å². The lowest BCUT2D eigenvalue weighted by molar-refractivity contribution is -0.140. The van der Waals surface area contributed by atoms with Crippen LogP contribution in [0.25, 0.3) is 11.0 Å². The number of hydrogen-bond acceptors (Lipinski definition) is 13. The zero-order valence-electron chi connectivity index (χ0n) is 20.6. The van der Waals surface area contributed by atoms with E-state index in [1.54, 1.807) is 0 Å². The van der Waals surface area contributed by atoms with Crippen LogP contribution in [-0.4, -0.2) is 74.0 Å². The van der Waals surface area contributed by atoms with Crippen LogP contribution in [0.5, 0.6) is 17.2 Å². The summed E-state index contributed by atoms with van der Waals surface area (Å²) in [5, 5.41) is 18.5. The molecule has 0 radical (unpaired) electrons. The Bertz CT molecular complexity index is 1880. The third-order valence-electron chi connectivity index (χ3n) is 5.71. The van der Waals surface area contributed by atoms with Crippen LogP contribution in [0.3, 0.4) is 0 Å². The van der Waals surface area contributed by atoms with Gasteiger partial charge in [-0.1, -0.05) is 24.0 Å². The van der Waals surface area contributed by atoms with Gasteiger partial charge in [-0.25, -0.2) is 0 Å². The fourth-order valence-corrected chi connectivity index (χ4v) is 7.22. The van der Waals surface area contributed by atoms with Crippen molar-refractivity contribution < 1.29 is 51.8 Å². The molecule has 1 aromatic heterocycles. The van der Waals surface area contributed by atoms with E-state index in [0.29, 0.717) is 11.5 Å². The Kier molecular flexibility index (Phi) is 7.32. The summed E-state index contributed by atoms with van der Waals surface area (Å²) in [6, 6.07) is 2.95. The van der Waals surface area contributed by atoms with Crippen molar-refractivity contribution in [1.29, 1.82) is 0 Å². The Morgan fingerprint density at radius 1 is 1.07 bits per heavy atom. The first-order valence-electron chi connectivity index (χ1n) is 11.2. The maximum absolute atomic E-state index is 13.3. The largest absolute Gasteiger partial charge is 0.480 e. The molecule has 216 valence electrons. The molecule has 3 N–H and O–H groups in total. The van der Waals surface area contributed by atoms with Crippen LogP contribution in [0, 0.1) is 0 Å². The van der Waals surface area contributed by atoms with E-state index in [9.17, 15) is 37.3 Å². The molecule has 1 fully saturated rings. The Morgan fingerprint density at radius 3 is 2.37 bits per heavy atom. The van der Waals surface area contributed by atoms with E-state index in [1.807, 2.05) is 0 Å². The molecular weight excluding hydrogens is 627 g/mol. The van der Waals surface area contributed by atoms with E-state index < -0.39 is 52.5 Å². The average molecular weight is 644 g/mol. The highest BCUT2D eigenvalue weighted by Crippen LogP contribution is 2.48. The zero-order chi connectivity index (χ0) is 29.8. The average Bonchev–Trinajstić information content (AvgIpc) is 3.60. The molecule has 3 aliphatic rings. The first kappa shape index (κ1) is 28.6. The van der Waals surface area contributed by atoms with E-state index in [0.717, 1.165) is 37.5 Å². The minimum Gasteiger partial charge on any atom is -0.480 e. The number of rotatable bonds is 7. The zero-order valence-corrected chi connectivity index (χ0v) is 23.8. The molecule has 0 unspecified atom stereocenters. The van der Waals surface area contributed by atoms with Gasteiger partial charge in [0.15, 0.2) is 23.1 Å². The van der Waals surface area contributed by atoms with Crippen LogP contribution < -0.4 is 33.9 Å². The molecule has 15 nitrogen and oxygen atoms in total. The molecule has 1 amide bonds. The number of allylic oxidation sites excluding steroid dienone is 1. The predicted octanol–water partition coefficient (Wildman–Crippen LogP) is -0.467. The quantitative estimate of drug-likeness (QED) is 0.258.